The molecule has 6 fully saturated rings. The van der Waals surface area contributed by atoms with Crippen LogP contribution in [0.25, 0.3) is 0 Å². The van der Waals surface area contributed by atoms with Gasteiger partial charge in [-0.15, -0.1) is 5.92 Å². The highest BCUT2D eigenvalue weighted by Crippen LogP contribution is 2.78. The molecule has 1 amide bonds. The van der Waals surface area contributed by atoms with Crippen molar-refractivity contribution in [1.82, 2.24) is 15.3 Å². The highest BCUT2D eigenvalue weighted by atomic mass is 16.7. The first kappa shape index (κ1) is 49.0. The van der Waals surface area contributed by atoms with Gasteiger partial charge in [-0.1, -0.05) is 45.3 Å². The summed E-state index contributed by atoms with van der Waals surface area (Å²) in [5.41, 5.74) is 3.78. The Morgan fingerprint density at radius 3 is 2.43 bits per heavy atom. The molecule has 12 N–H and O–H groups in total. The van der Waals surface area contributed by atoms with Gasteiger partial charge in [-0.25, -0.2) is 4.98 Å². The predicted molar refractivity (Wildman–Crippen MR) is 243 cm³/mol. The van der Waals surface area contributed by atoms with E-state index in [0.717, 1.165) is 12.1 Å². The highest BCUT2D eigenvalue weighted by Gasteiger charge is 2.75. The zero-order chi connectivity index (χ0) is 48.1. The van der Waals surface area contributed by atoms with E-state index < -0.39 is 118 Å². The Hall–Kier alpha value is -2.95. The predicted octanol–water partition coefficient (Wildman–Crippen LogP) is 2.20. The van der Waals surface area contributed by atoms with E-state index in [-0.39, 0.29) is 42.8 Å². The van der Waals surface area contributed by atoms with E-state index >= 15 is 0 Å². The number of ether oxygens (including phenoxy) is 2. The Balaban J connectivity index is 1.25. The van der Waals surface area contributed by atoms with Gasteiger partial charge >= 0.3 is 5.97 Å². The Bertz CT molecular complexity index is 2110. The number of imidazole rings is 1. The minimum atomic E-state index is -1.67. The molecule has 372 valence electrons. The monoisotopic (exact) mass is 937 g/mol. The first-order chi connectivity index (χ1) is 31.9. The average molecular weight is 937 g/mol. The molecule has 1 aromatic heterocycles. The molecule has 1 spiro atoms. The SMILES string of the molecule is CC1(CO)CCC2(C(=O)O)CCC34CCC#CC(C5C(CO)C(=O)NC5C(CCCN)c5cnc[nH]5)C5C(O)C(OC6OCC(O)C(O)C6O)C(C)(CO)C6CCC3(C)C(CC=C4C2C1)C56C. The van der Waals surface area contributed by atoms with E-state index in [0.29, 0.717) is 77.2 Å². The number of carbonyl (C=O) groups is 2. The van der Waals surface area contributed by atoms with E-state index in [1.54, 1.807) is 12.5 Å². The number of aliphatic hydroxyl groups is 7. The smallest absolute Gasteiger partial charge is 0.310 e. The van der Waals surface area contributed by atoms with Crippen molar-refractivity contribution < 1.29 is 59.9 Å². The molecule has 0 aromatic carbocycles. The van der Waals surface area contributed by atoms with Crippen molar-refractivity contribution in [1.29, 1.82) is 0 Å². The van der Waals surface area contributed by atoms with Crippen LogP contribution in [0.5, 0.6) is 0 Å². The molecule has 2 saturated heterocycles. The van der Waals surface area contributed by atoms with Gasteiger partial charge in [0.05, 0.1) is 49.7 Å². The summed E-state index contributed by atoms with van der Waals surface area (Å²) in [7, 11) is 0. The van der Waals surface area contributed by atoms with Gasteiger partial charge in [-0.2, -0.15) is 0 Å². The normalized spacial score (nSPS) is 49.6. The number of fused-ring (bicyclic) bond motifs is 2. The van der Waals surface area contributed by atoms with Crippen molar-refractivity contribution in [3.8, 4) is 11.8 Å². The number of nitrogens with zero attached hydrogens (tertiary/aromatic N) is 1. The summed E-state index contributed by atoms with van der Waals surface area (Å²) >= 11 is 0. The van der Waals surface area contributed by atoms with E-state index in [4.69, 9.17) is 15.2 Å². The van der Waals surface area contributed by atoms with Gasteiger partial charge in [0.25, 0.3) is 0 Å². The number of nitrogens with two attached hydrogens (primary N) is 1. The molecule has 3 heterocycles. The van der Waals surface area contributed by atoms with Crippen LogP contribution in [-0.2, 0) is 19.1 Å². The van der Waals surface area contributed by atoms with Gasteiger partial charge in [-0.3, -0.25) is 9.59 Å². The van der Waals surface area contributed by atoms with Crippen molar-refractivity contribution >= 4 is 11.9 Å². The van der Waals surface area contributed by atoms with Crippen LogP contribution in [0.2, 0.25) is 0 Å². The lowest BCUT2D eigenvalue weighted by molar-refractivity contribution is -0.343. The maximum absolute atomic E-state index is 14.3. The molecule has 67 heavy (non-hydrogen) atoms. The minimum Gasteiger partial charge on any atom is -0.481 e. The maximum Gasteiger partial charge on any atom is 0.310 e. The zero-order valence-corrected chi connectivity index (χ0v) is 39.6. The van der Waals surface area contributed by atoms with Gasteiger partial charge in [0.2, 0.25) is 5.91 Å². The lowest BCUT2D eigenvalue weighted by Gasteiger charge is -2.74. The van der Waals surface area contributed by atoms with Crippen LogP contribution in [-0.4, -0.2) is 139 Å². The molecule has 2 aliphatic heterocycles. The molecule has 8 aliphatic rings. The third-order valence-corrected chi connectivity index (χ3v) is 20.6. The second-order valence-corrected chi connectivity index (χ2v) is 23.4. The number of aliphatic carboxylic acids is 1. The van der Waals surface area contributed by atoms with Crippen LogP contribution in [0.1, 0.15) is 116 Å². The number of nitrogens with one attached hydrogen (secondary N) is 2. The fourth-order valence-electron chi connectivity index (χ4n) is 17.1. The summed E-state index contributed by atoms with van der Waals surface area (Å²) in [5.74, 6) is 2.14. The Kier molecular flexibility index (Phi) is 13.0. The Morgan fingerprint density at radius 1 is 1.00 bits per heavy atom. The van der Waals surface area contributed by atoms with E-state index in [1.807, 2.05) is 6.92 Å². The van der Waals surface area contributed by atoms with E-state index in [2.05, 4.69) is 54.0 Å². The molecule has 21 unspecified atom stereocenters. The largest absolute Gasteiger partial charge is 0.481 e. The Morgan fingerprint density at radius 2 is 1.76 bits per heavy atom. The summed E-state index contributed by atoms with van der Waals surface area (Å²) in [6.45, 7) is 7.78. The number of aromatic nitrogens is 2. The molecule has 6 aliphatic carbocycles. The number of aromatic amines is 1. The Labute approximate surface area is 393 Å². The van der Waals surface area contributed by atoms with Crippen LogP contribution in [0, 0.1) is 85.8 Å². The van der Waals surface area contributed by atoms with Crippen LogP contribution in [0.4, 0.5) is 0 Å². The molecule has 9 rings (SSSR count). The third-order valence-electron chi connectivity index (χ3n) is 20.6. The minimum absolute atomic E-state index is 0.0290. The van der Waals surface area contributed by atoms with Crippen molar-refractivity contribution in [2.24, 2.45) is 79.6 Å². The van der Waals surface area contributed by atoms with E-state index in [9.17, 15) is 50.4 Å². The number of allylic oxidation sites excluding steroid dienone is 2. The molecule has 4 bridgehead atoms. The van der Waals surface area contributed by atoms with Crippen molar-refractivity contribution in [2.45, 2.75) is 154 Å². The molecule has 1 aromatic rings. The zero-order valence-electron chi connectivity index (χ0n) is 39.6. The number of carboxylic acids is 1. The van der Waals surface area contributed by atoms with Gasteiger partial charge in [0.1, 0.15) is 18.3 Å². The summed E-state index contributed by atoms with van der Waals surface area (Å²) in [6, 6.07) is -0.562. The number of H-pyrrole nitrogens is 1. The van der Waals surface area contributed by atoms with Crippen molar-refractivity contribution in [3.05, 3.63) is 29.9 Å². The first-order valence-electron chi connectivity index (χ1n) is 25.1. The van der Waals surface area contributed by atoms with Crippen LogP contribution >= 0.6 is 0 Å². The first-order valence-corrected chi connectivity index (χ1v) is 25.1. The van der Waals surface area contributed by atoms with Gasteiger partial charge < -0.3 is 66.4 Å². The number of amides is 1. The average Bonchev–Trinajstić information content (AvgIpc) is 3.96. The number of aliphatic hydroxyl groups excluding tert-OH is 7. The van der Waals surface area contributed by atoms with E-state index in [1.165, 1.54) is 5.57 Å². The van der Waals surface area contributed by atoms with Gasteiger partial charge in [0.15, 0.2) is 6.29 Å². The molecule has 16 heteroatoms. The fourth-order valence-corrected chi connectivity index (χ4v) is 17.1. The number of carboxylic acid groups (broad SMARTS) is 1. The van der Waals surface area contributed by atoms with Crippen molar-refractivity contribution in [2.75, 3.05) is 33.0 Å². The lowest BCUT2D eigenvalue weighted by Crippen LogP contribution is -2.74. The molecular formula is C51H76N4O12. The van der Waals surface area contributed by atoms with Gasteiger partial charge in [0, 0.05) is 60.0 Å². The molecular weight excluding hydrogens is 861 g/mol. The molecule has 21 atom stereocenters. The quantitative estimate of drug-likeness (QED) is 0.0815. The van der Waals surface area contributed by atoms with Crippen molar-refractivity contribution in [3.63, 3.8) is 0 Å². The molecule has 0 radical (unpaired) electrons. The second-order valence-electron chi connectivity index (χ2n) is 23.4. The lowest BCUT2D eigenvalue weighted by atomic mass is 9.30. The third kappa shape index (κ3) is 7.09. The molecule has 16 nitrogen and oxygen atoms in total. The topological polar surface area (TPSA) is 281 Å². The second kappa shape index (κ2) is 17.7. The summed E-state index contributed by atoms with van der Waals surface area (Å²) in [6.07, 6.45) is 4.10. The van der Waals surface area contributed by atoms with Crippen LogP contribution in [0.15, 0.2) is 24.2 Å². The summed E-state index contributed by atoms with van der Waals surface area (Å²) in [4.78, 5) is 35.5. The summed E-state index contributed by atoms with van der Waals surface area (Å²) in [5, 5.41) is 94.4. The maximum atomic E-state index is 14.3. The standard InChI is InChI=1S/C51H76N4O12/c1-46(24-57)15-16-50(45(64)65)17-18-51-13-6-5-8-28(36-29(22-56)43(63)55-38(36)27(9-7-19-52)32-21-53-26-54-32)37-40(61)42(67-44-41(62)39(60)33(59)23-66-44)47(2,25-58)34-12-14-48(51,3)35(49(34,37)4)11-10-30(51)31(50)20-46/h10,21,26-29,31,33-42,44,56-62H,6-7,9,11-20,22-25,52H2,1-4H3,(H,53,54)(H,55,63)(H,64,65). The number of hydrogen-bond acceptors (Lipinski definition) is 13. The number of hydrogen-bond donors (Lipinski definition) is 11. The fraction of sp³-hybridized carbons (Fsp3) is 0.824. The highest BCUT2D eigenvalue weighted by molar-refractivity contribution is 5.82. The number of carbonyl (C=O) groups excluding carboxylic acids is 1. The molecule has 4 saturated carbocycles. The van der Waals surface area contributed by atoms with Crippen LogP contribution < -0.4 is 11.1 Å². The summed E-state index contributed by atoms with van der Waals surface area (Å²) < 4.78 is 12.6. The van der Waals surface area contributed by atoms with Crippen LogP contribution in [0.3, 0.4) is 0 Å². The number of rotatable bonds is 12. The van der Waals surface area contributed by atoms with Gasteiger partial charge in [-0.05, 0) is 117 Å².